The number of aromatic nitrogens is 3. The highest BCUT2D eigenvalue weighted by atomic mass is 32.1. The van der Waals surface area contributed by atoms with E-state index in [1.165, 1.54) is 24.3 Å². The van der Waals surface area contributed by atoms with E-state index in [0.717, 1.165) is 18.2 Å². The molecule has 13 heteroatoms. The highest BCUT2D eigenvalue weighted by Crippen LogP contribution is 2.45. The normalized spacial score (nSPS) is 12.8. The third-order valence-corrected chi connectivity index (χ3v) is 4.39. The molecule has 1 aromatic carbocycles. The maximum atomic E-state index is 13.3. The van der Waals surface area contributed by atoms with Gasteiger partial charge < -0.3 is 4.74 Å². The van der Waals surface area contributed by atoms with Crippen molar-refractivity contribution in [2.24, 2.45) is 0 Å². The molecule has 4 nitrogen and oxygen atoms in total. The van der Waals surface area contributed by atoms with Gasteiger partial charge in [0.1, 0.15) is 11.4 Å². The summed E-state index contributed by atoms with van der Waals surface area (Å²) in [5.41, 5.74) is -1.11. The first kappa shape index (κ1) is 20.9. The van der Waals surface area contributed by atoms with Crippen molar-refractivity contribution >= 4 is 11.3 Å². The third kappa shape index (κ3) is 4.44. The third-order valence-electron chi connectivity index (χ3n) is 3.38. The summed E-state index contributed by atoms with van der Waals surface area (Å²) in [6.07, 6.45) is -10.4. The van der Waals surface area contributed by atoms with Gasteiger partial charge in [-0.3, -0.25) is 0 Å². The number of halogens is 8. The Kier molecular flexibility index (Phi) is 5.19. The Balaban J connectivity index is 1.86. The van der Waals surface area contributed by atoms with E-state index in [9.17, 15) is 35.1 Å². The van der Waals surface area contributed by atoms with E-state index in [1.54, 1.807) is 0 Å². The lowest BCUT2D eigenvalue weighted by Gasteiger charge is -2.15. The van der Waals surface area contributed by atoms with E-state index in [2.05, 4.69) is 15.2 Å². The maximum Gasteiger partial charge on any atom is 0.460 e. The zero-order chi connectivity index (χ0) is 21.4. The van der Waals surface area contributed by atoms with Crippen molar-refractivity contribution in [2.75, 3.05) is 0 Å². The van der Waals surface area contributed by atoms with Crippen LogP contribution >= 0.6 is 11.3 Å². The van der Waals surface area contributed by atoms with Crippen LogP contribution < -0.4 is 4.74 Å². The van der Waals surface area contributed by atoms with Crippen LogP contribution in [0.25, 0.3) is 10.7 Å². The first-order valence-electron chi connectivity index (χ1n) is 7.49. The summed E-state index contributed by atoms with van der Waals surface area (Å²) in [7, 11) is 0. The predicted molar refractivity (Wildman–Crippen MR) is 84.6 cm³/mol. The quantitative estimate of drug-likeness (QED) is 0.462. The van der Waals surface area contributed by atoms with Crippen molar-refractivity contribution in [3.63, 3.8) is 0 Å². The monoisotopic (exact) mass is 441 g/mol. The molecule has 2 aromatic heterocycles. The van der Waals surface area contributed by atoms with Crippen LogP contribution in [-0.4, -0.2) is 21.4 Å². The van der Waals surface area contributed by atoms with Gasteiger partial charge in [-0.25, -0.2) is 4.98 Å². The average molecular weight is 441 g/mol. The van der Waals surface area contributed by atoms with Crippen LogP contribution in [-0.2, 0) is 12.1 Å². The Hall–Kier alpha value is -2.83. The molecule has 0 aliphatic heterocycles. The molecule has 0 fully saturated rings. The van der Waals surface area contributed by atoms with Crippen LogP contribution in [0.15, 0.2) is 42.5 Å². The van der Waals surface area contributed by atoms with Crippen LogP contribution in [0, 0.1) is 0 Å². The van der Waals surface area contributed by atoms with Gasteiger partial charge >= 0.3 is 18.3 Å². The van der Waals surface area contributed by atoms with Crippen molar-refractivity contribution in [3.05, 3.63) is 53.0 Å². The minimum Gasteiger partial charge on any atom is -0.439 e. The average Bonchev–Trinajstić information content (AvgIpc) is 3.11. The van der Waals surface area contributed by atoms with Gasteiger partial charge in [0.2, 0.25) is 5.88 Å². The molecule has 0 N–H and O–H groups in total. The zero-order valence-electron chi connectivity index (χ0n) is 13.7. The molecular formula is C16H7F8N3OS. The van der Waals surface area contributed by atoms with Crippen molar-refractivity contribution < 1.29 is 39.9 Å². The van der Waals surface area contributed by atoms with Gasteiger partial charge in [0.25, 0.3) is 0 Å². The summed E-state index contributed by atoms with van der Waals surface area (Å²) in [6.45, 7) is 0. The van der Waals surface area contributed by atoms with E-state index in [0.29, 0.717) is 0 Å². The maximum absolute atomic E-state index is 13.3. The molecule has 0 radical (unpaired) electrons. The smallest absolute Gasteiger partial charge is 0.439 e. The fourth-order valence-electron chi connectivity index (χ4n) is 2.02. The number of ether oxygens (including phenoxy) is 1. The zero-order valence-corrected chi connectivity index (χ0v) is 14.5. The summed E-state index contributed by atoms with van der Waals surface area (Å²) >= 11 is -0.0184. The summed E-state index contributed by atoms with van der Waals surface area (Å²) in [5, 5.41) is 4.25. The Morgan fingerprint density at radius 3 is 2.17 bits per heavy atom. The van der Waals surface area contributed by atoms with E-state index in [1.807, 2.05) is 0 Å². The topological polar surface area (TPSA) is 47.9 Å². The van der Waals surface area contributed by atoms with Crippen molar-refractivity contribution in [2.45, 2.75) is 18.3 Å². The molecule has 2 heterocycles. The molecule has 0 bridgehead atoms. The van der Waals surface area contributed by atoms with Crippen molar-refractivity contribution in [1.82, 2.24) is 15.2 Å². The Bertz CT molecular complexity index is 1020. The minimum absolute atomic E-state index is 0.0184. The van der Waals surface area contributed by atoms with Crippen LogP contribution in [0.5, 0.6) is 11.6 Å². The molecule has 0 aliphatic rings. The lowest BCUT2D eigenvalue weighted by molar-refractivity contribution is -0.289. The number of benzene rings is 1. The van der Waals surface area contributed by atoms with Crippen LogP contribution in [0.1, 0.15) is 10.6 Å². The first-order chi connectivity index (χ1) is 13.4. The van der Waals surface area contributed by atoms with Crippen molar-refractivity contribution in [1.29, 1.82) is 0 Å². The van der Waals surface area contributed by atoms with Gasteiger partial charge in [0.05, 0.1) is 5.56 Å². The highest BCUT2D eigenvalue weighted by molar-refractivity contribution is 7.14. The molecule has 0 saturated heterocycles. The SMILES string of the molecule is FC(F)(F)c1cccc(Oc2cccc(-c3nnc(C(F)(F)C(F)(F)F)s3)n2)c1. The molecule has 154 valence electrons. The molecule has 0 aliphatic carbocycles. The number of hydrogen-bond acceptors (Lipinski definition) is 5. The number of pyridine rings is 1. The van der Waals surface area contributed by atoms with Gasteiger partial charge in [0, 0.05) is 6.07 Å². The van der Waals surface area contributed by atoms with Gasteiger partial charge in [-0.15, -0.1) is 10.2 Å². The number of rotatable bonds is 4. The van der Waals surface area contributed by atoms with Gasteiger partial charge in [-0.2, -0.15) is 35.1 Å². The van der Waals surface area contributed by atoms with E-state index < -0.39 is 28.8 Å². The summed E-state index contributed by atoms with van der Waals surface area (Å²) in [6, 6.07) is 7.72. The second-order valence-electron chi connectivity index (χ2n) is 5.47. The summed E-state index contributed by atoms with van der Waals surface area (Å²) in [4.78, 5) is 3.87. The van der Waals surface area contributed by atoms with E-state index in [-0.39, 0.29) is 33.7 Å². The molecule has 3 rings (SSSR count). The molecule has 3 aromatic rings. The van der Waals surface area contributed by atoms with Crippen molar-refractivity contribution in [3.8, 4) is 22.3 Å². The lowest BCUT2D eigenvalue weighted by atomic mass is 10.2. The first-order valence-corrected chi connectivity index (χ1v) is 8.30. The van der Waals surface area contributed by atoms with Gasteiger partial charge in [0.15, 0.2) is 10.0 Å². The molecule has 0 saturated carbocycles. The molecule has 0 unspecified atom stereocenters. The number of nitrogens with zero attached hydrogens (tertiary/aromatic N) is 3. The molecule has 29 heavy (non-hydrogen) atoms. The molecular weight excluding hydrogens is 434 g/mol. The second-order valence-corrected chi connectivity index (χ2v) is 6.45. The highest BCUT2D eigenvalue weighted by Gasteiger charge is 2.61. The largest absolute Gasteiger partial charge is 0.460 e. The van der Waals surface area contributed by atoms with E-state index in [4.69, 9.17) is 4.74 Å². The minimum atomic E-state index is -5.84. The second kappa shape index (κ2) is 7.21. The van der Waals surface area contributed by atoms with Gasteiger partial charge in [-0.1, -0.05) is 23.5 Å². The predicted octanol–water partition coefficient (Wildman–Crippen LogP) is 6.07. The Morgan fingerprint density at radius 1 is 0.828 bits per heavy atom. The van der Waals surface area contributed by atoms with Crippen LogP contribution in [0.3, 0.4) is 0 Å². The lowest BCUT2D eigenvalue weighted by Crippen LogP contribution is -2.33. The van der Waals surface area contributed by atoms with E-state index >= 15 is 0 Å². The number of alkyl halides is 8. The standard InChI is InChI=1S/C16H7F8N3OS/c17-14(18,16(22,23)24)13-27-26-12(29-13)10-5-2-6-11(25-10)28-9-4-1-3-8(7-9)15(19,20)21/h1-7H. The number of hydrogen-bond donors (Lipinski definition) is 0. The van der Waals surface area contributed by atoms with Gasteiger partial charge in [-0.05, 0) is 24.3 Å². The molecule has 0 atom stereocenters. The fraction of sp³-hybridized carbons (Fsp3) is 0.188. The van der Waals surface area contributed by atoms with Crippen LogP contribution in [0.2, 0.25) is 0 Å². The Morgan fingerprint density at radius 2 is 1.52 bits per heavy atom. The molecule has 0 spiro atoms. The summed E-state index contributed by atoms with van der Waals surface area (Å²) in [5.74, 6) is -5.61. The fourth-order valence-corrected chi connectivity index (χ4v) is 2.83. The van der Waals surface area contributed by atoms with Crippen LogP contribution in [0.4, 0.5) is 35.1 Å². The summed E-state index contributed by atoms with van der Waals surface area (Å²) < 4.78 is 107. The Labute approximate surface area is 160 Å². The molecule has 0 amide bonds.